The van der Waals surface area contributed by atoms with Gasteiger partial charge in [0, 0.05) is 42.0 Å². The highest BCUT2D eigenvalue weighted by molar-refractivity contribution is 6.04. The number of hydrogen-bond donors (Lipinski definition) is 1. The fourth-order valence-corrected chi connectivity index (χ4v) is 3.83. The van der Waals surface area contributed by atoms with Crippen molar-refractivity contribution in [3.05, 3.63) is 35.8 Å². The number of benzene rings is 1. The van der Waals surface area contributed by atoms with Gasteiger partial charge in [-0.1, -0.05) is 0 Å². The van der Waals surface area contributed by atoms with Crippen molar-refractivity contribution in [2.24, 2.45) is 0 Å². The van der Waals surface area contributed by atoms with Crippen LogP contribution in [0.15, 0.2) is 24.4 Å². The number of rotatable bonds is 4. The zero-order valence-corrected chi connectivity index (χ0v) is 14.0. The lowest BCUT2D eigenvalue weighted by Crippen LogP contribution is -2.56. The van der Waals surface area contributed by atoms with Crippen molar-refractivity contribution in [2.45, 2.75) is 44.0 Å². The summed E-state index contributed by atoms with van der Waals surface area (Å²) in [5, 5.41) is 3.69. The molecule has 0 spiro atoms. The molecular weight excluding hydrogens is 349 g/mol. The molecule has 8 heteroatoms. The van der Waals surface area contributed by atoms with Crippen molar-refractivity contribution in [3.8, 4) is 0 Å². The second kappa shape index (κ2) is 6.92. The molecule has 1 N–H and O–H groups in total. The number of fused-ring (bicyclic) bond motifs is 3. The highest BCUT2D eigenvalue weighted by Gasteiger charge is 2.34. The van der Waals surface area contributed by atoms with Gasteiger partial charge in [0.1, 0.15) is 11.9 Å². The van der Waals surface area contributed by atoms with E-state index in [4.69, 9.17) is 9.47 Å². The number of carbonyl (C=O) groups excluding carboxylic acids is 1. The van der Waals surface area contributed by atoms with Crippen molar-refractivity contribution in [1.82, 2.24) is 9.88 Å². The van der Waals surface area contributed by atoms with E-state index in [0.29, 0.717) is 31.6 Å². The fourth-order valence-electron chi connectivity index (χ4n) is 3.83. The molecule has 4 rings (SSSR count). The molecule has 0 saturated carbocycles. The van der Waals surface area contributed by atoms with Crippen LogP contribution in [0.4, 0.5) is 13.2 Å². The summed E-state index contributed by atoms with van der Waals surface area (Å²) in [5.41, 5.74) is 0.495. The molecule has 0 radical (unpaired) electrons. The quantitative estimate of drug-likeness (QED) is 0.844. The maximum Gasteiger partial charge on any atom is 0.340 e. The fraction of sp³-hybridized carbons (Fsp3) is 0.500. The van der Waals surface area contributed by atoms with E-state index < -0.39 is 24.8 Å². The number of morpholine rings is 1. The molecule has 5 nitrogen and oxygen atoms in total. The van der Waals surface area contributed by atoms with E-state index in [0.717, 1.165) is 0 Å². The number of carbonyl (C=O) groups is 1. The Hall–Kier alpha value is -2.06. The minimum Gasteiger partial charge on any atom is -0.459 e. The molecule has 0 amide bonds. The molecule has 0 aliphatic carbocycles. The first-order valence-corrected chi connectivity index (χ1v) is 8.61. The molecule has 1 aromatic carbocycles. The summed E-state index contributed by atoms with van der Waals surface area (Å²) >= 11 is 0. The Morgan fingerprint density at radius 1 is 1.31 bits per heavy atom. The van der Waals surface area contributed by atoms with Gasteiger partial charge >= 0.3 is 5.97 Å². The third-order valence-electron chi connectivity index (χ3n) is 4.88. The number of halogens is 3. The number of hydrogen-bond acceptors (Lipinski definition) is 4. The van der Waals surface area contributed by atoms with E-state index in [1.807, 2.05) is 0 Å². The summed E-state index contributed by atoms with van der Waals surface area (Å²) in [6.07, 6.45) is -0.268. The van der Waals surface area contributed by atoms with Gasteiger partial charge in [-0.2, -0.15) is 0 Å². The first-order chi connectivity index (χ1) is 12.5. The third-order valence-corrected chi connectivity index (χ3v) is 4.88. The van der Waals surface area contributed by atoms with Crippen LogP contribution in [-0.2, 0) is 16.0 Å². The van der Waals surface area contributed by atoms with E-state index in [9.17, 15) is 18.0 Å². The van der Waals surface area contributed by atoms with Gasteiger partial charge in [-0.3, -0.25) is 0 Å². The Balaban J connectivity index is 1.59. The van der Waals surface area contributed by atoms with Crippen molar-refractivity contribution in [1.29, 1.82) is 0 Å². The molecule has 2 aliphatic rings. The minimum atomic E-state index is -2.58. The monoisotopic (exact) mass is 368 g/mol. The molecule has 26 heavy (non-hydrogen) atoms. The molecule has 2 bridgehead atoms. The zero-order chi connectivity index (χ0) is 18.3. The number of esters is 1. The van der Waals surface area contributed by atoms with Gasteiger partial charge in [-0.25, -0.2) is 18.0 Å². The number of ether oxygens (including phenoxy) is 2. The average molecular weight is 368 g/mol. The molecule has 0 unspecified atom stereocenters. The van der Waals surface area contributed by atoms with Crippen LogP contribution in [0.2, 0.25) is 0 Å². The van der Waals surface area contributed by atoms with Crippen LogP contribution in [0.25, 0.3) is 10.9 Å². The molecule has 3 atom stereocenters. The van der Waals surface area contributed by atoms with Crippen LogP contribution in [0.5, 0.6) is 0 Å². The minimum absolute atomic E-state index is 0.111. The highest BCUT2D eigenvalue weighted by atomic mass is 19.3. The molecule has 140 valence electrons. The maximum absolute atomic E-state index is 13.6. The van der Waals surface area contributed by atoms with E-state index in [2.05, 4.69) is 5.32 Å². The third kappa shape index (κ3) is 3.43. The van der Waals surface area contributed by atoms with E-state index >= 15 is 0 Å². The molecule has 1 aromatic heterocycles. The van der Waals surface area contributed by atoms with Crippen LogP contribution < -0.4 is 5.32 Å². The van der Waals surface area contributed by atoms with Gasteiger partial charge in [-0.05, 0) is 18.2 Å². The van der Waals surface area contributed by atoms with E-state index in [1.165, 1.54) is 29.0 Å². The number of nitrogens with zero attached hydrogens (tertiary/aromatic N) is 1. The number of piperidine rings is 1. The summed E-state index contributed by atoms with van der Waals surface area (Å²) in [5.74, 6) is -1.14. The summed E-state index contributed by atoms with van der Waals surface area (Å²) in [7, 11) is 0. The number of aromatic nitrogens is 1. The summed E-state index contributed by atoms with van der Waals surface area (Å²) in [4.78, 5) is 12.7. The van der Waals surface area contributed by atoms with Crippen LogP contribution in [0.3, 0.4) is 0 Å². The van der Waals surface area contributed by atoms with Crippen molar-refractivity contribution >= 4 is 16.9 Å². The molecule has 2 fully saturated rings. The maximum atomic E-state index is 13.6. The van der Waals surface area contributed by atoms with E-state index in [-0.39, 0.29) is 29.1 Å². The lowest BCUT2D eigenvalue weighted by Gasteiger charge is -2.39. The van der Waals surface area contributed by atoms with Gasteiger partial charge in [0.2, 0.25) is 0 Å². The normalized spacial score (nSPS) is 25.6. The summed E-state index contributed by atoms with van der Waals surface area (Å²) in [6, 6.07) is 4.04. The Morgan fingerprint density at radius 3 is 2.73 bits per heavy atom. The molecule has 2 saturated heterocycles. The van der Waals surface area contributed by atoms with Gasteiger partial charge in [0.25, 0.3) is 6.43 Å². The van der Waals surface area contributed by atoms with Crippen molar-refractivity contribution in [3.63, 3.8) is 0 Å². The number of nitrogens with one attached hydrogen (secondary N) is 1. The van der Waals surface area contributed by atoms with Gasteiger partial charge in [-0.15, -0.1) is 0 Å². The molecule has 3 heterocycles. The van der Waals surface area contributed by atoms with Crippen LogP contribution in [0.1, 0.15) is 23.2 Å². The van der Waals surface area contributed by atoms with Gasteiger partial charge < -0.3 is 19.4 Å². The summed E-state index contributed by atoms with van der Waals surface area (Å²) < 4.78 is 51.6. The Bertz CT molecular complexity index is 811. The standard InChI is InChI=1S/C18H19F3N2O3/c19-10-1-2-16-14(3-10)15(6-23(16)7-17(20)21)18(24)26-13-4-11-8-25-9-12(5-13)22-11/h1-3,6,11-13,17,22H,4-5,7-9H2/t11-,12+,13-. The largest absolute Gasteiger partial charge is 0.459 e. The topological polar surface area (TPSA) is 52.5 Å². The molecule has 2 aromatic rings. The molecular formula is C18H19F3N2O3. The smallest absolute Gasteiger partial charge is 0.340 e. The lowest BCUT2D eigenvalue weighted by molar-refractivity contribution is -0.0339. The second-order valence-electron chi connectivity index (χ2n) is 6.84. The lowest BCUT2D eigenvalue weighted by atomic mass is 9.94. The average Bonchev–Trinajstić information content (AvgIpc) is 2.91. The van der Waals surface area contributed by atoms with Gasteiger partial charge in [0.15, 0.2) is 0 Å². The predicted octanol–water partition coefficient (Wildman–Crippen LogP) is 2.72. The van der Waals surface area contributed by atoms with Crippen LogP contribution >= 0.6 is 0 Å². The summed E-state index contributed by atoms with van der Waals surface area (Å²) in [6.45, 7) is 0.581. The number of alkyl halides is 2. The predicted molar refractivity (Wildman–Crippen MR) is 87.9 cm³/mol. The second-order valence-corrected chi connectivity index (χ2v) is 6.84. The van der Waals surface area contributed by atoms with Crippen LogP contribution in [-0.4, -0.2) is 48.4 Å². The first kappa shape index (κ1) is 17.4. The molecule has 2 aliphatic heterocycles. The van der Waals surface area contributed by atoms with Gasteiger partial charge in [0.05, 0.1) is 25.3 Å². The first-order valence-electron chi connectivity index (χ1n) is 8.61. The zero-order valence-electron chi connectivity index (χ0n) is 14.0. The van der Waals surface area contributed by atoms with Crippen LogP contribution in [0, 0.1) is 5.82 Å². The van der Waals surface area contributed by atoms with Crippen molar-refractivity contribution < 1.29 is 27.4 Å². The SMILES string of the molecule is O=C(O[C@H]1C[C@H]2COC[C@@H](C1)N2)c1cn(CC(F)F)c2ccc(F)cc12. The highest BCUT2D eigenvalue weighted by Crippen LogP contribution is 2.27. The Morgan fingerprint density at radius 2 is 2.04 bits per heavy atom. The van der Waals surface area contributed by atoms with E-state index in [1.54, 1.807) is 0 Å². The Kier molecular flexibility index (Phi) is 4.62. The van der Waals surface area contributed by atoms with Crippen molar-refractivity contribution in [2.75, 3.05) is 13.2 Å². The Labute approximate surface area is 148 Å².